The first-order chi connectivity index (χ1) is 9.11. The van der Waals surface area contributed by atoms with Crippen LogP contribution in [0.4, 0.5) is 4.39 Å². The van der Waals surface area contributed by atoms with E-state index in [1.165, 1.54) is 0 Å². The molecule has 2 N–H and O–H groups in total. The molecule has 0 bridgehead atoms. The van der Waals surface area contributed by atoms with Gasteiger partial charge in [-0.2, -0.15) is 0 Å². The fourth-order valence-electron chi connectivity index (χ4n) is 2.58. The summed E-state index contributed by atoms with van der Waals surface area (Å²) in [5.41, 5.74) is 1.66. The Morgan fingerprint density at radius 2 is 2.32 bits per heavy atom. The summed E-state index contributed by atoms with van der Waals surface area (Å²) in [7, 11) is 0. The summed E-state index contributed by atoms with van der Waals surface area (Å²) < 4.78 is 13.6. The van der Waals surface area contributed by atoms with Gasteiger partial charge in [-0.15, -0.1) is 0 Å². The fraction of sp³-hybridized carbons (Fsp3) is 0.533. The molecule has 1 aliphatic rings. The molecular weight excluding hydrogens is 243 g/mol. The number of piperidine rings is 1. The highest BCUT2D eigenvalue weighted by Gasteiger charge is 2.27. The molecule has 19 heavy (non-hydrogen) atoms. The number of hydrogen-bond donors (Lipinski definition) is 2. The Kier molecular flexibility index (Phi) is 4.53. The summed E-state index contributed by atoms with van der Waals surface area (Å²) in [6.07, 6.45) is 1.67. The zero-order valence-corrected chi connectivity index (χ0v) is 11.5. The molecule has 2 unspecified atom stereocenters. The maximum Gasteiger partial charge on any atom is 0.237 e. The molecule has 0 aliphatic carbocycles. The Morgan fingerprint density at radius 3 is 3.00 bits per heavy atom. The molecule has 1 amide bonds. The van der Waals surface area contributed by atoms with Crippen molar-refractivity contribution in [1.82, 2.24) is 10.6 Å². The predicted molar refractivity (Wildman–Crippen MR) is 73.6 cm³/mol. The van der Waals surface area contributed by atoms with Crippen LogP contribution in [0.5, 0.6) is 0 Å². The molecule has 2 atom stereocenters. The molecule has 0 saturated carbocycles. The van der Waals surface area contributed by atoms with Crippen molar-refractivity contribution in [2.24, 2.45) is 0 Å². The van der Waals surface area contributed by atoms with E-state index in [9.17, 15) is 9.18 Å². The van der Waals surface area contributed by atoms with Crippen LogP contribution in [-0.4, -0.2) is 25.0 Å². The van der Waals surface area contributed by atoms with Gasteiger partial charge in [0.1, 0.15) is 5.82 Å². The van der Waals surface area contributed by atoms with E-state index in [4.69, 9.17) is 0 Å². The van der Waals surface area contributed by atoms with E-state index in [0.29, 0.717) is 12.1 Å². The summed E-state index contributed by atoms with van der Waals surface area (Å²) in [5.74, 6) is 0.134. The fourth-order valence-corrected chi connectivity index (χ4v) is 2.58. The monoisotopic (exact) mass is 264 g/mol. The average molecular weight is 264 g/mol. The van der Waals surface area contributed by atoms with E-state index in [2.05, 4.69) is 10.6 Å². The third-order valence-corrected chi connectivity index (χ3v) is 3.74. The highest BCUT2D eigenvalue weighted by molar-refractivity contribution is 5.81. The molecule has 4 heteroatoms. The van der Waals surface area contributed by atoms with E-state index >= 15 is 0 Å². The lowest BCUT2D eigenvalue weighted by atomic mass is 9.86. The smallest absolute Gasteiger partial charge is 0.237 e. The van der Waals surface area contributed by atoms with Gasteiger partial charge in [0.2, 0.25) is 5.91 Å². The van der Waals surface area contributed by atoms with E-state index in [-0.39, 0.29) is 23.7 Å². The normalized spacial score (nSPS) is 23.1. The number of carbonyl (C=O) groups is 1. The van der Waals surface area contributed by atoms with E-state index < -0.39 is 0 Å². The Hall–Kier alpha value is -1.42. The number of benzene rings is 1. The van der Waals surface area contributed by atoms with Crippen molar-refractivity contribution < 1.29 is 9.18 Å². The van der Waals surface area contributed by atoms with Gasteiger partial charge in [-0.1, -0.05) is 12.1 Å². The molecule has 1 saturated heterocycles. The minimum atomic E-state index is -0.164. The molecule has 2 rings (SSSR count). The minimum absolute atomic E-state index is 0.0415. The number of hydrogen-bond acceptors (Lipinski definition) is 2. The highest BCUT2D eigenvalue weighted by Crippen LogP contribution is 2.28. The van der Waals surface area contributed by atoms with Crippen LogP contribution in [0.3, 0.4) is 0 Å². The van der Waals surface area contributed by atoms with Gasteiger partial charge in [-0.05, 0) is 56.3 Å². The number of rotatable bonds is 3. The van der Waals surface area contributed by atoms with Gasteiger partial charge >= 0.3 is 0 Å². The van der Waals surface area contributed by atoms with Gasteiger partial charge < -0.3 is 10.6 Å². The van der Waals surface area contributed by atoms with Crippen molar-refractivity contribution in [3.8, 4) is 0 Å². The highest BCUT2D eigenvalue weighted by atomic mass is 19.1. The molecular formula is C15H21FN2O. The lowest BCUT2D eigenvalue weighted by molar-refractivity contribution is -0.123. The van der Waals surface area contributed by atoms with Crippen LogP contribution in [-0.2, 0) is 4.79 Å². The second-order valence-corrected chi connectivity index (χ2v) is 5.13. The molecule has 0 radical (unpaired) electrons. The standard InChI is InChI=1S/C15H21FN2O/c1-3-17-15(19)14-9-12(6-7-18-14)11-5-4-10(2)13(16)8-11/h4-5,8,12,14,18H,3,6-7,9H2,1-2H3,(H,17,19). The Bertz CT molecular complexity index is 461. The second kappa shape index (κ2) is 6.15. The third-order valence-electron chi connectivity index (χ3n) is 3.74. The van der Waals surface area contributed by atoms with Crippen molar-refractivity contribution in [1.29, 1.82) is 0 Å². The number of likely N-dealkylation sites (N-methyl/N-ethyl adjacent to an activating group) is 1. The van der Waals surface area contributed by atoms with Crippen molar-refractivity contribution in [3.05, 3.63) is 35.1 Å². The number of aryl methyl sites for hydroxylation is 1. The topological polar surface area (TPSA) is 41.1 Å². The Labute approximate surface area is 113 Å². The van der Waals surface area contributed by atoms with E-state index in [1.807, 2.05) is 19.1 Å². The third kappa shape index (κ3) is 3.32. The number of nitrogens with one attached hydrogen (secondary N) is 2. The summed E-state index contributed by atoms with van der Waals surface area (Å²) in [5, 5.41) is 6.06. The summed E-state index contributed by atoms with van der Waals surface area (Å²) >= 11 is 0. The first-order valence-corrected chi connectivity index (χ1v) is 6.89. The molecule has 1 aromatic rings. The Balaban J connectivity index is 2.08. The lowest BCUT2D eigenvalue weighted by Gasteiger charge is -2.30. The van der Waals surface area contributed by atoms with Crippen molar-refractivity contribution in [3.63, 3.8) is 0 Å². The maximum atomic E-state index is 13.6. The molecule has 1 fully saturated rings. The van der Waals surface area contributed by atoms with Crippen molar-refractivity contribution in [2.45, 2.75) is 38.6 Å². The first kappa shape index (κ1) is 14.0. The van der Waals surface area contributed by atoms with Gasteiger partial charge in [0.05, 0.1) is 6.04 Å². The number of carbonyl (C=O) groups excluding carboxylic acids is 1. The zero-order chi connectivity index (χ0) is 13.8. The quantitative estimate of drug-likeness (QED) is 0.878. The molecule has 0 aromatic heterocycles. The molecule has 1 aliphatic heterocycles. The van der Waals surface area contributed by atoms with Crippen LogP contribution in [0.25, 0.3) is 0 Å². The Morgan fingerprint density at radius 1 is 1.53 bits per heavy atom. The van der Waals surface area contributed by atoms with Crippen LogP contribution >= 0.6 is 0 Å². The van der Waals surface area contributed by atoms with Crippen LogP contribution in [0.15, 0.2) is 18.2 Å². The van der Waals surface area contributed by atoms with Crippen LogP contribution in [0.2, 0.25) is 0 Å². The molecule has 1 aromatic carbocycles. The molecule has 3 nitrogen and oxygen atoms in total. The summed E-state index contributed by atoms with van der Waals surface area (Å²) in [6.45, 7) is 5.11. The maximum absolute atomic E-state index is 13.6. The summed E-state index contributed by atoms with van der Waals surface area (Å²) in [4.78, 5) is 11.8. The van der Waals surface area contributed by atoms with Crippen molar-refractivity contribution >= 4 is 5.91 Å². The minimum Gasteiger partial charge on any atom is -0.355 e. The van der Waals surface area contributed by atoms with Crippen LogP contribution in [0.1, 0.15) is 36.8 Å². The van der Waals surface area contributed by atoms with Crippen LogP contribution < -0.4 is 10.6 Å². The van der Waals surface area contributed by atoms with Crippen LogP contribution in [0, 0.1) is 12.7 Å². The number of amides is 1. The van der Waals surface area contributed by atoms with Crippen molar-refractivity contribution in [2.75, 3.05) is 13.1 Å². The van der Waals surface area contributed by atoms with Gasteiger partial charge in [0.25, 0.3) is 0 Å². The average Bonchev–Trinajstić information content (AvgIpc) is 2.42. The van der Waals surface area contributed by atoms with Gasteiger partial charge in [0, 0.05) is 6.54 Å². The predicted octanol–water partition coefficient (Wildman–Crippen LogP) is 2.11. The number of halogens is 1. The SMILES string of the molecule is CCNC(=O)C1CC(c2ccc(C)c(F)c2)CCN1. The van der Waals surface area contributed by atoms with E-state index in [0.717, 1.165) is 24.9 Å². The molecule has 104 valence electrons. The molecule has 1 heterocycles. The van der Waals surface area contributed by atoms with Gasteiger partial charge in [0.15, 0.2) is 0 Å². The van der Waals surface area contributed by atoms with Gasteiger partial charge in [-0.3, -0.25) is 4.79 Å². The zero-order valence-electron chi connectivity index (χ0n) is 11.5. The van der Waals surface area contributed by atoms with E-state index in [1.54, 1.807) is 13.0 Å². The second-order valence-electron chi connectivity index (χ2n) is 5.13. The largest absolute Gasteiger partial charge is 0.355 e. The lowest BCUT2D eigenvalue weighted by Crippen LogP contribution is -2.48. The summed E-state index contributed by atoms with van der Waals surface area (Å²) in [6, 6.07) is 5.24. The molecule has 0 spiro atoms. The van der Waals surface area contributed by atoms with Gasteiger partial charge in [-0.25, -0.2) is 4.39 Å². The first-order valence-electron chi connectivity index (χ1n) is 6.89.